The first kappa shape index (κ1) is 12.3. The molecule has 0 aliphatic carbocycles. The molecule has 4 heteroatoms. The molecule has 1 N–H and O–H groups in total. The second-order valence-corrected chi connectivity index (χ2v) is 7.46. The zero-order valence-corrected chi connectivity index (χ0v) is 12.5. The first-order valence-corrected chi connectivity index (χ1v) is 7.81. The maximum absolute atomic E-state index is 5.49. The van der Waals surface area contributed by atoms with Gasteiger partial charge < -0.3 is 9.55 Å². The van der Waals surface area contributed by atoms with Crippen LogP contribution in [0.15, 0.2) is 18.2 Å². The van der Waals surface area contributed by atoms with E-state index >= 15 is 0 Å². The van der Waals surface area contributed by atoms with Crippen molar-refractivity contribution in [3.05, 3.63) is 28.5 Å². The van der Waals surface area contributed by atoms with E-state index in [0.717, 1.165) is 16.8 Å². The second-order valence-electron chi connectivity index (χ2n) is 5.39. The van der Waals surface area contributed by atoms with Crippen LogP contribution in [0.3, 0.4) is 0 Å². The fraction of sp³-hybridized carbons (Fsp3) is 0.500. The minimum Gasteiger partial charge on any atom is -0.331 e. The van der Waals surface area contributed by atoms with Crippen molar-refractivity contribution < 1.29 is 0 Å². The molecule has 1 aliphatic heterocycles. The lowest BCUT2D eigenvalue weighted by Crippen LogP contribution is -2.23. The molecule has 1 aromatic carbocycles. The van der Waals surface area contributed by atoms with Crippen molar-refractivity contribution in [1.29, 1.82) is 0 Å². The number of rotatable bonds is 2. The lowest BCUT2D eigenvalue weighted by molar-refractivity contribution is 0.515. The van der Waals surface area contributed by atoms with Gasteiger partial charge >= 0.3 is 0 Å². The van der Waals surface area contributed by atoms with Crippen molar-refractivity contribution in [3.63, 3.8) is 0 Å². The Bertz CT molecular complexity index is 633. The zero-order chi connectivity index (χ0) is 12.8. The number of nitrogens with zero attached hydrogens (tertiary/aromatic N) is 1. The monoisotopic (exact) mass is 278 g/mol. The fourth-order valence-corrected chi connectivity index (χ4v) is 4.41. The molecule has 1 saturated heterocycles. The van der Waals surface area contributed by atoms with Gasteiger partial charge in [-0.15, -0.1) is 0 Å². The molecule has 1 atom stereocenters. The summed E-state index contributed by atoms with van der Waals surface area (Å²) in [6, 6.07) is 6.35. The fourth-order valence-electron chi connectivity index (χ4n) is 2.85. The molecule has 2 nitrogen and oxygen atoms in total. The van der Waals surface area contributed by atoms with Crippen LogP contribution in [0.4, 0.5) is 0 Å². The molecular formula is C14H18N2S2. The van der Waals surface area contributed by atoms with Gasteiger partial charge in [-0.2, -0.15) is 11.8 Å². The molecule has 0 radical (unpaired) electrons. The van der Waals surface area contributed by atoms with Gasteiger partial charge in [-0.3, -0.25) is 0 Å². The number of aromatic nitrogens is 2. The summed E-state index contributed by atoms with van der Waals surface area (Å²) < 4.78 is 3.49. The van der Waals surface area contributed by atoms with E-state index in [-0.39, 0.29) is 0 Å². The molecule has 1 aliphatic rings. The van der Waals surface area contributed by atoms with Crippen LogP contribution in [0, 0.1) is 11.7 Å². The average molecular weight is 278 g/mol. The summed E-state index contributed by atoms with van der Waals surface area (Å²) in [6.45, 7) is 5.54. The van der Waals surface area contributed by atoms with E-state index < -0.39 is 0 Å². The molecule has 0 amide bonds. The van der Waals surface area contributed by atoms with Crippen LogP contribution >= 0.6 is 24.0 Å². The molecule has 2 heterocycles. The van der Waals surface area contributed by atoms with Crippen molar-refractivity contribution >= 4 is 35.0 Å². The van der Waals surface area contributed by atoms with Crippen molar-refractivity contribution in [2.24, 2.45) is 0 Å². The zero-order valence-electron chi connectivity index (χ0n) is 10.8. The summed E-state index contributed by atoms with van der Waals surface area (Å²) in [6.07, 6.45) is 2.62. The maximum Gasteiger partial charge on any atom is 0.178 e. The summed E-state index contributed by atoms with van der Waals surface area (Å²) in [5.41, 5.74) is 3.73. The molecule has 1 aromatic heterocycles. The Kier molecular flexibility index (Phi) is 3.02. The highest BCUT2D eigenvalue weighted by Crippen LogP contribution is 2.39. The molecule has 1 unspecified atom stereocenters. The van der Waals surface area contributed by atoms with Crippen LogP contribution in [0.5, 0.6) is 0 Å². The Balaban J connectivity index is 2.11. The number of hydrogen-bond donors (Lipinski definition) is 1. The molecular weight excluding hydrogens is 260 g/mol. The quantitative estimate of drug-likeness (QED) is 0.827. The Hall–Kier alpha value is -0.740. The summed E-state index contributed by atoms with van der Waals surface area (Å²) in [5, 5.41) is 0. The smallest absolute Gasteiger partial charge is 0.178 e. The molecule has 1 fully saturated rings. The van der Waals surface area contributed by atoms with E-state index in [1.807, 2.05) is 0 Å². The SMILES string of the molecule is Cc1cccc2[nH]c(=S)n(CC3(C)CCCS3)c12. The van der Waals surface area contributed by atoms with Gasteiger partial charge in [-0.05, 0) is 56.3 Å². The van der Waals surface area contributed by atoms with Crippen LogP contribution in [0.25, 0.3) is 11.0 Å². The number of imidazole rings is 1. The molecule has 18 heavy (non-hydrogen) atoms. The first-order valence-electron chi connectivity index (χ1n) is 6.41. The van der Waals surface area contributed by atoms with Gasteiger partial charge in [0, 0.05) is 11.3 Å². The van der Waals surface area contributed by atoms with E-state index in [9.17, 15) is 0 Å². The Morgan fingerprint density at radius 2 is 2.33 bits per heavy atom. The first-order chi connectivity index (χ1) is 8.59. The number of aromatic amines is 1. The van der Waals surface area contributed by atoms with Crippen LogP contribution < -0.4 is 0 Å². The predicted octanol–water partition coefficient (Wildman–Crippen LogP) is 4.29. The van der Waals surface area contributed by atoms with E-state index in [4.69, 9.17) is 12.2 Å². The Morgan fingerprint density at radius 3 is 3.06 bits per heavy atom. The topological polar surface area (TPSA) is 20.7 Å². The number of aryl methyl sites for hydroxylation is 1. The lowest BCUT2D eigenvalue weighted by atomic mass is 10.1. The van der Waals surface area contributed by atoms with Gasteiger partial charge in [0.2, 0.25) is 0 Å². The molecule has 3 rings (SSSR count). The highest BCUT2D eigenvalue weighted by molar-refractivity contribution is 8.00. The van der Waals surface area contributed by atoms with Crippen molar-refractivity contribution in [2.75, 3.05) is 5.75 Å². The number of hydrogen-bond acceptors (Lipinski definition) is 2. The molecule has 0 bridgehead atoms. The molecule has 0 saturated carbocycles. The summed E-state index contributed by atoms with van der Waals surface area (Å²) in [7, 11) is 0. The van der Waals surface area contributed by atoms with Crippen molar-refractivity contribution in [3.8, 4) is 0 Å². The number of thioether (sulfide) groups is 1. The minimum atomic E-state index is 0.343. The Morgan fingerprint density at radius 1 is 1.50 bits per heavy atom. The van der Waals surface area contributed by atoms with Crippen molar-refractivity contribution in [1.82, 2.24) is 9.55 Å². The largest absolute Gasteiger partial charge is 0.331 e. The molecule has 96 valence electrons. The van der Waals surface area contributed by atoms with Crippen molar-refractivity contribution in [2.45, 2.75) is 38.0 Å². The highest BCUT2D eigenvalue weighted by Gasteiger charge is 2.30. The average Bonchev–Trinajstić information content (AvgIpc) is 2.86. The molecule has 2 aromatic rings. The van der Waals surface area contributed by atoms with Gasteiger partial charge in [0.1, 0.15) is 0 Å². The standard InChI is InChI=1S/C14H18N2S2/c1-10-5-3-6-11-12(10)16(13(17)15-11)9-14(2)7-4-8-18-14/h3,5-6H,4,7-9H2,1-2H3,(H,15,17). The van der Waals surface area contributed by atoms with Crippen LogP contribution in [0.2, 0.25) is 0 Å². The number of para-hydroxylation sites is 1. The third kappa shape index (κ3) is 2.01. The predicted molar refractivity (Wildman–Crippen MR) is 82.0 cm³/mol. The van der Waals surface area contributed by atoms with E-state index in [0.29, 0.717) is 4.75 Å². The van der Waals surface area contributed by atoms with E-state index in [2.05, 4.69) is 53.4 Å². The van der Waals surface area contributed by atoms with Gasteiger partial charge in [0.25, 0.3) is 0 Å². The number of benzene rings is 1. The third-order valence-corrected chi connectivity index (χ3v) is 5.63. The highest BCUT2D eigenvalue weighted by atomic mass is 32.2. The molecule has 0 spiro atoms. The van der Waals surface area contributed by atoms with Crippen LogP contribution in [-0.4, -0.2) is 20.1 Å². The van der Waals surface area contributed by atoms with Gasteiger partial charge in [0.05, 0.1) is 11.0 Å². The normalized spacial score (nSPS) is 23.9. The number of nitrogens with one attached hydrogen (secondary N) is 1. The van der Waals surface area contributed by atoms with E-state index in [1.165, 1.54) is 29.7 Å². The van der Waals surface area contributed by atoms with Crippen LogP contribution in [0.1, 0.15) is 25.3 Å². The van der Waals surface area contributed by atoms with Gasteiger partial charge in [0.15, 0.2) is 4.77 Å². The Labute approximate surface area is 117 Å². The van der Waals surface area contributed by atoms with Gasteiger partial charge in [-0.25, -0.2) is 0 Å². The third-order valence-electron chi connectivity index (χ3n) is 3.79. The number of fused-ring (bicyclic) bond motifs is 1. The second kappa shape index (κ2) is 4.42. The summed E-state index contributed by atoms with van der Waals surface area (Å²) in [4.78, 5) is 3.33. The number of H-pyrrole nitrogens is 1. The van der Waals surface area contributed by atoms with Gasteiger partial charge in [-0.1, -0.05) is 12.1 Å². The van der Waals surface area contributed by atoms with E-state index in [1.54, 1.807) is 0 Å². The summed E-state index contributed by atoms with van der Waals surface area (Å²) >= 11 is 7.58. The minimum absolute atomic E-state index is 0.343. The summed E-state index contributed by atoms with van der Waals surface area (Å²) in [5.74, 6) is 1.28. The maximum atomic E-state index is 5.49. The van der Waals surface area contributed by atoms with Crippen LogP contribution in [-0.2, 0) is 6.54 Å². The lowest BCUT2D eigenvalue weighted by Gasteiger charge is -2.23.